The molecule has 2 unspecified atom stereocenters. The summed E-state index contributed by atoms with van der Waals surface area (Å²) in [6.07, 6.45) is 4.07. The highest BCUT2D eigenvalue weighted by Gasteiger charge is 2.17. The van der Waals surface area contributed by atoms with Gasteiger partial charge in [0.2, 0.25) is 0 Å². The van der Waals surface area contributed by atoms with Crippen molar-refractivity contribution in [2.75, 3.05) is 0 Å². The van der Waals surface area contributed by atoms with Gasteiger partial charge in [0.1, 0.15) is 5.82 Å². The van der Waals surface area contributed by atoms with Crippen molar-refractivity contribution in [2.24, 2.45) is 7.05 Å². The molecule has 0 radical (unpaired) electrons. The van der Waals surface area contributed by atoms with Gasteiger partial charge in [-0.05, 0) is 6.42 Å². The van der Waals surface area contributed by atoms with Gasteiger partial charge in [0.15, 0.2) is 0 Å². The van der Waals surface area contributed by atoms with Gasteiger partial charge >= 0.3 is 0 Å². The van der Waals surface area contributed by atoms with E-state index in [1.165, 1.54) is 0 Å². The Kier molecular flexibility index (Phi) is 4.10. The Morgan fingerprint density at radius 3 is 2.64 bits per heavy atom. The number of imidazole rings is 1. The molecule has 0 saturated heterocycles. The maximum absolute atomic E-state index is 9.64. The quantitative estimate of drug-likeness (QED) is 0.723. The third kappa shape index (κ3) is 2.82. The van der Waals surface area contributed by atoms with Crippen LogP contribution in [0.5, 0.6) is 0 Å². The van der Waals surface area contributed by atoms with E-state index in [0.717, 1.165) is 12.2 Å². The summed E-state index contributed by atoms with van der Waals surface area (Å²) in [6, 6.07) is 0. The standard InChI is InChI=1S/C10H18N2O2/c1-3-4-8(13)9(14)7-10-11-5-6-12(10)2/h5-6,8-9,13-14H,3-4,7H2,1-2H3. The first-order valence-corrected chi connectivity index (χ1v) is 4.97. The molecule has 0 aliphatic heterocycles. The number of aromatic nitrogens is 2. The van der Waals surface area contributed by atoms with E-state index in [1.807, 2.05) is 24.7 Å². The smallest absolute Gasteiger partial charge is 0.111 e. The summed E-state index contributed by atoms with van der Waals surface area (Å²) in [5, 5.41) is 19.2. The molecule has 1 aromatic rings. The van der Waals surface area contributed by atoms with Crippen molar-refractivity contribution in [1.29, 1.82) is 0 Å². The Hall–Kier alpha value is -0.870. The van der Waals surface area contributed by atoms with Crippen LogP contribution in [-0.4, -0.2) is 32.0 Å². The lowest BCUT2D eigenvalue weighted by Crippen LogP contribution is -2.28. The predicted molar refractivity (Wildman–Crippen MR) is 53.8 cm³/mol. The molecule has 2 atom stereocenters. The van der Waals surface area contributed by atoms with Crippen LogP contribution in [0.15, 0.2) is 12.4 Å². The van der Waals surface area contributed by atoms with Crippen molar-refractivity contribution in [1.82, 2.24) is 9.55 Å². The van der Waals surface area contributed by atoms with Gasteiger partial charge in [0.05, 0.1) is 12.2 Å². The van der Waals surface area contributed by atoms with Gasteiger partial charge in [0, 0.05) is 25.9 Å². The van der Waals surface area contributed by atoms with Crippen LogP contribution >= 0.6 is 0 Å². The lowest BCUT2D eigenvalue weighted by Gasteiger charge is -2.16. The Morgan fingerprint density at radius 2 is 2.14 bits per heavy atom. The van der Waals surface area contributed by atoms with E-state index in [1.54, 1.807) is 6.20 Å². The number of hydrogen-bond donors (Lipinski definition) is 2. The summed E-state index contributed by atoms with van der Waals surface area (Å²) in [5.41, 5.74) is 0. The molecule has 4 heteroatoms. The van der Waals surface area contributed by atoms with Crippen molar-refractivity contribution in [3.63, 3.8) is 0 Å². The zero-order valence-electron chi connectivity index (χ0n) is 8.72. The van der Waals surface area contributed by atoms with Crippen LogP contribution in [0.2, 0.25) is 0 Å². The van der Waals surface area contributed by atoms with Crippen LogP contribution < -0.4 is 0 Å². The molecule has 0 saturated carbocycles. The van der Waals surface area contributed by atoms with Gasteiger partial charge in [-0.15, -0.1) is 0 Å². The normalized spacial score (nSPS) is 15.4. The van der Waals surface area contributed by atoms with E-state index >= 15 is 0 Å². The van der Waals surface area contributed by atoms with Gasteiger partial charge in [0.25, 0.3) is 0 Å². The minimum Gasteiger partial charge on any atom is -0.390 e. The average Bonchev–Trinajstić information content (AvgIpc) is 2.52. The summed E-state index contributed by atoms with van der Waals surface area (Å²) in [5.74, 6) is 0.799. The molecule has 80 valence electrons. The van der Waals surface area contributed by atoms with Crippen molar-refractivity contribution < 1.29 is 10.2 Å². The first kappa shape index (κ1) is 11.2. The Bertz CT molecular complexity index is 273. The highest BCUT2D eigenvalue weighted by atomic mass is 16.3. The van der Waals surface area contributed by atoms with Crippen LogP contribution in [0.4, 0.5) is 0 Å². The summed E-state index contributed by atoms with van der Waals surface area (Å²) in [6.45, 7) is 1.98. The molecule has 1 aromatic heterocycles. The minimum absolute atomic E-state index is 0.407. The molecule has 0 bridgehead atoms. The second-order valence-corrected chi connectivity index (χ2v) is 3.58. The molecule has 1 rings (SSSR count). The van der Waals surface area contributed by atoms with Crippen molar-refractivity contribution in [2.45, 2.75) is 38.4 Å². The highest BCUT2D eigenvalue weighted by Crippen LogP contribution is 2.07. The van der Waals surface area contributed by atoms with E-state index in [2.05, 4.69) is 4.98 Å². The number of rotatable bonds is 5. The lowest BCUT2D eigenvalue weighted by atomic mass is 10.1. The van der Waals surface area contributed by atoms with Crippen molar-refractivity contribution >= 4 is 0 Å². The van der Waals surface area contributed by atoms with Crippen LogP contribution in [0.3, 0.4) is 0 Å². The average molecular weight is 198 g/mol. The maximum Gasteiger partial charge on any atom is 0.111 e. The fourth-order valence-electron chi connectivity index (χ4n) is 1.40. The molecule has 0 fully saturated rings. The monoisotopic (exact) mass is 198 g/mol. The van der Waals surface area contributed by atoms with Gasteiger partial charge in [-0.2, -0.15) is 0 Å². The molecular weight excluding hydrogens is 180 g/mol. The third-order valence-corrected chi connectivity index (χ3v) is 2.34. The van der Waals surface area contributed by atoms with Crippen LogP contribution in [-0.2, 0) is 13.5 Å². The molecule has 0 spiro atoms. The molecule has 0 aromatic carbocycles. The van der Waals surface area contributed by atoms with Crippen LogP contribution in [0.1, 0.15) is 25.6 Å². The zero-order valence-corrected chi connectivity index (χ0v) is 8.72. The highest BCUT2D eigenvalue weighted by molar-refractivity contribution is 4.94. The van der Waals surface area contributed by atoms with Crippen LogP contribution in [0.25, 0.3) is 0 Å². The molecule has 0 amide bonds. The Labute approximate surface area is 84.2 Å². The van der Waals surface area contributed by atoms with Gasteiger partial charge in [-0.1, -0.05) is 13.3 Å². The number of aliphatic hydroxyl groups excluding tert-OH is 2. The lowest BCUT2D eigenvalue weighted by molar-refractivity contribution is 0.0134. The van der Waals surface area contributed by atoms with Gasteiger partial charge < -0.3 is 14.8 Å². The molecule has 2 N–H and O–H groups in total. The van der Waals surface area contributed by atoms with Crippen LogP contribution in [0, 0.1) is 0 Å². The summed E-state index contributed by atoms with van der Waals surface area (Å²) >= 11 is 0. The predicted octanol–water partition coefficient (Wildman–Crippen LogP) is 0.484. The first-order valence-electron chi connectivity index (χ1n) is 4.97. The summed E-state index contributed by atoms with van der Waals surface area (Å²) in [4.78, 5) is 4.09. The molecule has 0 aliphatic rings. The second kappa shape index (κ2) is 5.12. The fourth-order valence-corrected chi connectivity index (χ4v) is 1.40. The van der Waals surface area contributed by atoms with Gasteiger partial charge in [-0.25, -0.2) is 4.98 Å². The Morgan fingerprint density at radius 1 is 1.43 bits per heavy atom. The van der Waals surface area contributed by atoms with E-state index in [9.17, 15) is 10.2 Å². The Balaban J connectivity index is 2.48. The van der Waals surface area contributed by atoms with E-state index in [4.69, 9.17) is 0 Å². The first-order chi connectivity index (χ1) is 6.65. The molecule has 0 aliphatic carbocycles. The largest absolute Gasteiger partial charge is 0.390 e. The van der Waals surface area contributed by atoms with Crippen molar-refractivity contribution in [3.05, 3.63) is 18.2 Å². The SMILES string of the molecule is CCCC(O)C(O)Cc1nccn1C. The van der Waals surface area contributed by atoms with E-state index < -0.39 is 12.2 Å². The minimum atomic E-state index is -0.712. The topological polar surface area (TPSA) is 58.3 Å². The van der Waals surface area contributed by atoms with E-state index in [0.29, 0.717) is 12.8 Å². The van der Waals surface area contributed by atoms with Gasteiger partial charge in [-0.3, -0.25) is 0 Å². The number of aliphatic hydroxyl groups is 2. The molecule has 1 heterocycles. The third-order valence-electron chi connectivity index (χ3n) is 2.34. The molecular formula is C10H18N2O2. The number of hydrogen-bond acceptors (Lipinski definition) is 3. The number of aryl methyl sites for hydroxylation is 1. The molecule has 4 nitrogen and oxygen atoms in total. The summed E-state index contributed by atoms with van der Waals surface area (Å²) < 4.78 is 1.85. The second-order valence-electron chi connectivity index (χ2n) is 3.58. The maximum atomic E-state index is 9.64. The molecule has 14 heavy (non-hydrogen) atoms. The zero-order chi connectivity index (χ0) is 10.6. The van der Waals surface area contributed by atoms with E-state index in [-0.39, 0.29) is 0 Å². The fraction of sp³-hybridized carbons (Fsp3) is 0.700. The summed E-state index contributed by atoms with van der Waals surface area (Å²) in [7, 11) is 1.88. The van der Waals surface area contributed by atoms with Crippen molar-refractivity contribution in [3.8, 4) is 0 Å². The number of nitrogens with zero attached hydrogens (tertiary/aromatic N) is 2.